The van der Waals surface area contributed by atoms with E-state index in [1.807, 2.05) is 64.2 Å². The van der Waals surface area contributed by atoms with Gasteiger partial charge in [0, 0.05) is 32.7 Å². The predicted octanol–water partition coefficient (Wildman–Crippen LogP) is 4.43. The van der Waals surface area contributed by atoms with Crippen molar-refractivity contribution in [3.8, 4) is 0 Å². The molecule has 2 rings (SSSR count). The van der Waals surface area contributed by atoms with Gasteiger partial charge in [-0.05, 0) is 70.6 Å². The third-order valence-electron chi connectivity index (χ3n) is 2.01. The summed E-state index contributed by atoms with van der Waals surface area (Å²) in [6.45, 7) is 11.0. The van der Waals surface area contributed by atoms with Gasteiger partial charge in [0.1, 0.15) is 8.24 Å². The van der Waals surface area contributed by atoms with Crippen molar-refractivity contribution in [3.63, 3.8) is 0 Å². The van der Waals surface area contributed by atoms with Crippen molar-refractivity contribution in [1.82, 2.24) is 4.98 Å². The van der Waals surface area contributed by atoms with Gasteiger partial charge in [-0.1, -0.05) is 33.0 Å². The van der Waals surface area contributed by atoms with Crippen LogP contribution in [-0.2, 0) is 26.2 Å². The molecule has 0 bridgehead atoms. The second kappa shape index (κ2) is 16.4. The summed E-state index contributed by atoms with van der Waals surface area (Å²) in [5.74, 6) is 0. The van der Waals surface area contributed by atoms with E-state index in [1.165, 1.54) is 6.42 Å². The molecule has 2 aliphatic carbocycles. The van der Waals surface area contributed by atoms with Crippen LogP contribution in [0.25, 0.3) is 0 Å². The molecule has 108 valence electrons. The molecule has 0 aromatic rings. The molecule has 0 heterocycles. The Hall–Kier alpha value is 1.06. The van der Waals surface area contributed by atoms with E-state index in [4.69, 9.17) is 0 Å². The van der Waals surface area contributed by atoms with Crippen molar-refractivity contribution in [2.24, 2.45) is 0 Å². The summed E-state index contributed by atoms with van der Waals surface area (Å²) >= 11 is 0. The third-order valence-corrected chi connectivity index (χ3v) is 2.96. The van der Waals surface area contributed by atoms with Crippen LogP contribution in [0.3, 0.4) is 0 Å². The summed E-state index contributed by atoms with van der Waals surface area (Å²) in [7, 11) is -1.13. The van der Waals surface area contributed by atoms with Gasteiger partial charge in [-0.3, -0.25) is 4.98 Å². The maximum atomic E-state index is 4.46. The molecule has 0 N–H and O–H groups in total. The van der Waals surface area contributed by atoms with Gasteiger partial charge in [-0.15, -0.1) is 0 Å². The van der Waals surface area contributed by atoms with Crippen molar-refractivity contribution in [3.05, 3.63) is 70.8 Å². The number of hydrogen-bond acceptors (Lipinski definition) is 0. The van der Waals surface area contributed by atoms with Gasteiger partial charge in [-0.2, -0.15) is 0 Å². The molecule has 2 saturated carbocycles. The largest absolute Gasteiger partial charge is 0.265 e. The standard InChI is InChI=1S/C7H17NSi.2C5H5.Zr/c1-5-6-7-8-9(2,3)4;2*1-2-4-5-3-1;/h7H,5-6H2,1-4H3;2*1-5H;. The SMILES string of the molecule is CCC[CH][N][Si](C)(C)C.[CH]1[CH][CH][CH][CH]1.[CH]1[CH][CH][CH][CH]1.[Zr]. The van der Waals surface area contributed by atoms with Crippen molar-refractivity contribution >= 4 is 8.24 Å². The zero-order chi connectivity index (χ0) is 14.4. The van der Waals surface area contributed by atoms with E-state index in [1.54, 1.807) is 0 Å². The van der Waals surface area contributed by atoms with Crippen molar-refractivity contribution in [2.45, 2.75) is 39.4 Å². The molecule has 0 atom stereocenters. The van der Waals surface area contributed by atoms with Crippen molar-refractivity contribution < 1.29 is 26.2 Å². The van der Waals surface area contributed by atoms with Crippen LogP contribution in [0.15, 0.2) is 0 Å². The summed E-state index contributed by atoms with van der Waals surface area (Å²) in [6, 6.07) is 0. The van der Waals surface area contributed by atoms with Crippen LogP contribution in [0.2, 0.25) is 19.6 Å². The van der Waals surface area contributed by atoms with E-state index < -0.39 is 8.24 Å². The topological polar surface area (TPSA) is 14.1 Å². The number of unbranched alkanes of at least 4 members (excludes halogenated alkanes) is 1. The Kier molecular flexibility index (Phi) is 19.2. The van der Waals surface area contributed by atoms with Gasteiger partial charge >= 0.3 is 0 Å². The fraction of sp³-hybridized carbons (Fsp3) is 0.353. The molecule has 2 aliphatic rings. The molecule has 0 aromatic carbocycles. The Morgan fingerprint density at radius 3 is 1.25 bits per heavy atom. The molecule has 0 amide bonds. The van der Waals surface area contributed by atoms with E-state index in [2.05, 4.69) is 38.1 Å². The maximum absolute atomic E-state index is 4.46. The molecule has 2 fully saturated rings. The van der Waals surface area contributed by atoms with Crippen molar-refractivity contribution in [2.75, 3.05) is 0 Å². The monoisotopic (exact) mass is 363 g/mol. The van der Waals surface area contributed by atoms with Gasteiger partial charge in [0.05, 0.1) is 0 Å². The molecule has 12 radical (unpaired) electrons. The second-order valence-electron chi connectivity index (χ2n) is 5.20. The molecular weight excluding hydrogens is 338 g/mol. The molecule has 20 heavy (non-hydrogen) atoms. The Morgan fingerprint density at radius 1 is 0.750 bits per heavy atom. The molecular formula is C17H27NSiZr. The first-order valence-electron chi connectivity index (χ1n) is 6.93. The van der Waals surface area contributed by atoms with Crippen LogP contribution in [0, 0.1) is 70.8 Å². The minimum Gasteiger partial charge on any atom is -0.265 e. The number of rotatable bonds is 4. The minimum atomic E-state index is -1.13. The summed E-state index contributed by atoms with van der Waals surface area (Å²) < 4.78 is 0. The molecule has 1 nitrogen and oxygen atoms in total. The fourth-order valence-electron chi connectivity index (χ4n) is 1.11. The van der Waals surface area contributed by atoms with E-state index in [0.717, 1.165) is 6.42 Å². The van der Waals surface area contributed by atoms with Gasteiger partial charge in [0.2, 0.25) is 0 Å². The molecule has 3 heteroatoms. The Morgan fingerprint density at radius 2 is 1.05 bits per heavy atom. The molecule has 0 unspecified atom stereocenters. The molecule has 0 aromatic heterocycles. The number of nitrogens with zero attached hydrogens (tertiary/aromatic N) is 1. The molecule has 0 aliphatic heterocycles. The van der Waals surface area contributed by atoms with E-state index in [0.29, 0.717) is 0 Å². The molecule has 0 spiro atoms. The Labute approximate surface area is 149 Å². The first kappa shape index (κ1) is 23.3. The van der Waals surface area contributed by atoms with Crippen LogP contribution < -0.4 is 4.98 Å². The first-order chi connectivity index (χ1) is 9.06. The Balaban J connectivity index is 0. The number of hydrogen-bond donors (Lipinski definition) is 0. The normalized spacial score (nSPS) is 17.4. The average molecular weight is 365 g/mol. The van der Waals surface area contributed by atoms with Crippen LogP contribution >= 0.6 is 0 Å². The summed E-state index contributed by atoms with van der Waals surface area (Å²) in [6.07, 6.45) is 22.4. The minimum absolute atomic E-state index is 0. The second-order valence-corrected chi connectivity index (χ2v) is 9.80. The third kappa shape index (κ3) is 21.4. The van der Waals surface area contributed by atoms with Gasteiger partial charge in [-0.25, -0.2) is 0 Å². The van der Waals surface area contributed by atoms with Gasteiger partial charge < -0.3 is 0 Å². The zero-order valence-corrected chi connectivity index (χ0v) is 16.7. The average Bonchev–Trinajstić information content (AvgIpc) is 3.07. The zero-order valence-electron chi connectivity index (χ0n) is 13.2. The van der Waals surface area contributed by atoms with Crippen LogP contribution in [-0.4, -0.2) is 8.24 Å². The summed E-state index contributed by atoms with van der Waals surface area (Å²) in [4.78, 5) is 4.46. The quantitative estimate of drug-likeness (QED) is 0.517. The van der Waals surface area contributed by atoms with Crippen molar-refractivity contribution in [1.29, 1.82) is 0 Å². The predicted molar refractivity (Wildman–Crippen MR) is 87.7 cm³/mol. The van der Waals surface area contributed by atoms with Crippen LogP contribution in [0.4, 0.5) is 0 Å². The van der Waals surface area contributed by atoms with E-state index >= 15 is 0 Å². The first-order valence-corrected chi connectivity index (χ1v) is 10.4. The van der Waals surface area contributed by atoms with Gasteiger partial charge in [0.25, 0.3) is 0 Å². The van der Waals surface area contributed by atoms with E-state index in [9.17, 15) is 0 Å². The smallest absolute Gasteiger partial charge is 0.136 e. The van der Waals surface area contributed by atoms with Crippen LogP contribution in [0.1, 0.15) is 19.8 Å². The summed E-state index contributed by atoms with van der Waals surface area (Å²) in [5, 5.41) is 0. The van der Waals surface area contributed by atoms with Crippen LogP contribution in [0.5, 0.6) is 0 Å². The molecule has 0 saturated heterocycles. The maximum Gasteiger partial charge on any atom is 0.136 e. The summed E-state index contributed by atoms with van der Waals surface area (Å²) in [5.41, 5.74) is 0. The Bertz CT molecular complexity index is 147. The van der Waals surface area contributed by atoms with E-state index in [-0.39, 0.29) is 26.2 Å². The van der Waals surface area contributed by atoms with Gasteiger partial charge in [0.15, 0.2) is 0 Å². The fourth-order valence-corrected chi connectivity index (χ4v) is 1.79.